The Hall–Kier alpha value is -0.620. The summed E-state index contributed by atoms with van der Waals surface area (Å²) in [6.45, 7) is 3.50. The molecule has 0 saturated heterocycles. The van der Waals surface area contributed by atoms with Gasteiger partial charge in [0.05, 0.1) is 33.0 Å². The molecule has 19 heavy (non-hydrogen) atoms. The van der Waals surface area contributed by atoms with Crippen LogP contribution >= 0.6 is 15.9 Å². The Morgan fingerprint density at radius 2 is 1.42 bits per heavy atom. The molecule has 0 unspecified atom stereocenters. The largest absolute Gasteiger partial charge is 0.491 e. The van der Waals surface area contributed by atoms with Crippen molar-refractivity contribution in [1.82, 2.24) is 0 Å². The van der Waals surface area contributed by atoms with Gasteiger partial charge in [-0.25, -0.2) is 0 Å². The van der Waals surface area contributed by atoms with Crippen LogP contribution in [-0.4, -0.2) is 46.8 Å². The standard InChI is InChI=1S/C14H21BrO4/c1-16-6-7-17-8-9-18-10-11-19-14-4-2-13(12-15)3-5-14/h2-5H,6-12H2,1H3. The smallest absolute Gasteiger partial charge is 0.119 e. The van der Waals surface area contributed by atoms with E-state index in [2.05, 4.69) is 15.9 Å². The third-order valence-electron chi connectivity index (χ3n) is 2.38. The Labute approximate surface area is 123 Å². The van der Waals surface area contributed by atoms with E-state index < -0.39 is 0 Å². The Morgan fingerprint density at radius 3 is 2.00 bits per heavy atom. The van der Waals surface area contributed by atoms with Gasteiger partial charge in [0.25, 0.3) is 0 Å². The lowest BCUT2D eigenvalue weighted by Crippen LogP contribution is -2.12. The van der Waals surface area contributed by atoms with Crippen LogP contribution in [0.15, 0.2) is 24.3 Å². The van der Waals surface area contributed by atoms with Crippen LogP contribution in [-0.2, 0) is 19.5 Å². The van der Waals surface area contributed by atoms with Gasteiger partial charge >= 0.3 is 0 Å². The van der Waals surface area contributed by atoms with Crippen molar-refractivity contribution in [3.63, 3.8) is 0 Å². The zero-order valence-corrected chi connectivity index (χ0v) is 12.9. The molecule has 0 fully saturated rings. The minimum Gasteiger partial charge on any atom is -0.491 e. The number of ether oxygens (including phenoxy) is 4. The van der Waals surface area contributed by atoms with Gasteiger partial charge in [-0.15, -0.1) is 0 Å². The molecule has 0 aliphatic carbocycles. The van der Waals surface area contributed by atoms with E-state index in [1.54, 1.807) is 7.11 Å². The Balaban J connectivity index is 1.95. The summed E-state index contributed by atoms with van der Waals surface area (Å²) in [6.07, 6.45) is 0. The summed E-state index contributed by atoms with van der Waals surface area (Å²) in [4.78, 5) is 0. The lowest BCUT2D eigenvalue weighted by atomic mass is 10.2. The van der Waals surface area contributed by atoms with Gasteiger partial charge in [-0.2, -0.15) is 0 Å². The molecular weight excluding hydrogens is 312 g/mol. The first-order chi connectivity index (χ1) is 9.36. The van der Waals surface area contributed by atoms with Gasteiger partial charge in [-0.05, 0) is 17.7 Å². The minimum absolute atomic E-state index is 0.547. The fraction of sp³-hybridized carbons (Fsp3) is 0.571. The number of rotatable bonds is 11. The third kappa shape index (κ3) is 8.21. The summed E-state index contributed by atoms with van der Waals surface area (Å²) in [5.41, 5.74) is 1.23. The zero-order chi connectivity index (χ0) is 13.8. The van der Waals surface area contributed by atoms with Crippen LogP contribution < -0.4 is 4.74 Å². The number of halogens is 1. The quantitative estimate of drug-likeness (QED) is 0.461. The average molecular weight is 333 g/mol. The number of alkyl halides is 1. The molecule has 0 aromatic heterocycles. The fourth-order valence-electron chi connectivity index (χ4n) is 1.36. The van der Waals surface area contributed by atoms with Crippen LogP contribution in [0.2, 0.25) is 0 Å². The van der Waals surface area contributed by atoms with Crippen molar-refractivity contribution >= 4 is 15.9 Å². The van der Waals surface area contributed by atoms with Gasteiger partial charge in [0.1, 0.15) is 12.4 Å². The first-order valence-electron chi connectivity index (χ1n) is 6.29. The number of methoxy groups -OCH3 is 1. The van der Waals surface area contributed by atoms with Crippen molar-refractivity contribution < 1.29 is 18.9 Å². The zero-order valence-electron chi connectivity index (χ0n) is 11.3. The summed E-state index contributed by atoms with van der Waals surface area (Å²) in [6, 6.07) is 8.00. The highest BCUT2D eigenvalue weighted by molar-refractivity contribution is 9.08. The molecule has 0 atom stereocenters. The lowest BCUT2D eigenvalue weighted by Gasteiger charge is -2.08. The topological polar surface area (TPSA) is 36.9 Å². The van der Waals surface area contributed by atoms with E-state index >= 15 is 0 Å². The van der Waals surface area contributed by atoms with Crippen LogP contribution in [0, 0.1) is 0 Å². The normalized spacial score (nSPS) is 10.6. The first-order valence-corrected chi connectivity index (χ1v) is 7.41. The van der Waals surface area contributed by atoms with Gasteiger partial charge in [0.15, 0.2) is 0 Å². The van der Waals surface area contributed by atoms with Crippen molar-refractivity contribution in [2.75, 3.05) is 46.8 Å². The molecule has 0 amide bonds. The number of benzene rings is 1. The summed E-state index contributed by atoms with van der Waals surface area (Å²) in [7, 11) is 1.65. The molecule has 0 radical (unpaired) electrons. The Kier molecular flexibility index (Phi) is 9.71. The highest BCUT2D eigenvalue weighted by Crippen LogP contribution is 2.13. The van der Waals surface area contributed by atoms with Crippen LogP contribution in [0.5, 0.6) is 5.75 Å². The molecule has 0 saturated carbocycles. The SMILES string of the molecule is COCCOCCOCCOc1ccc(CBr)cc1. The van der Waals surface area contributed by atoms with Crippen LogP contribution in [0.1, 0.15) is 5.56 Å². The van der Waals surface area contributed by atoms with E-state index in [0.29, 0.717) is 39.6 Å². The highest BCUT2D eigenvalue weighted by Gasteiger charge is 1.95. The van der Waals surface area contributed by atoms with E-state index in [1.165, 1.54) is 5.56 Å². The fourth-order valence-corrected chi connectivity index (χ4v) is 1.73. The number of hydrogen-bond donors (Lipinski definition) is 0. The predicted octanol–water partition coefficient (Wildman–Crippen LogP) is 2.64. The molecule has 0 spiro atoms. The molecule has 0 N–H and O–H groups in total. The van der Waals surface area contributed by atoms with Crippen LogP contribution in [0.3, 0.4) is 0 Å². The molecule has 108 valence electrons. The molecule has 0 bridgehead atoms. The summed E-state index contributed by atoms with van der Waals surface area (Å²) < 4.78 is 21.1. The predicted molar refractivity (Wildman–Crippen MR) is 78.1 cm³/mol. The van der Waals surface area contributed by atoms with E-state index in [-0.39, 0.29) is 0 Å². The van der Waals surface area contributed by atoms with Crippen molar-refractivity contribution in [2.24, 2.45) is 0 Å². The Morgan fingerprint density at radius 1 is 0.842 bits per heavy atom. The van der Waals surface area contributed by atoms with Gasteiger partial charge in [0, 0.05) is 12.4 Å². The summed E-state index contributed by atoms with van der Waals surface area (Å²) in [5.74, 6) is 0.865. The van der Waals surface area contributed by atoms with E-state index in [0.717, 1.165) is 11.1 Å². The molecule has 1 aromatic rings. The van der Waals surface area contributed by atoms with Crippen molar-refractivity contribution in [1.29, 1.82) is 0 Å². The minimum atomic E-state index is 0.547. The van der Waals surface area contributed by atoms with Crippen molar-refractivity contribution in [3.05, 3.63) is 29.8 Å². The maximum atomic E-state index is 5.55. The van der Waals surface area contributed by atoms with Gasteiger partial charge in [-0.1, -0.05) is 28.1 Å². The van der Waals surface area contributed by atoms with E-state index in [9.17, 15) is 0 Å². The molecule has 1 rings (SSSR count). The van der Waals surface area contributed by atoms with Crippen molar-refractivity contribution in [3.8, 4) is 5.75 Å². The number of hydrogen-bond acceptors (Lipinski definition) is 4. The second-order valence-electron chi connectivity index (χ2n) is 3.84. The van der Waals surface area contributed by atoms with Crippen molar-refractivity contribution in [2.45, 2.75) is 5.33 Å². The highest BCUT2D eigenvalue weighted by atomic mass is 79.9. The summed E-state index contributed by atoms with van der Waals surface area (Å²) >= 11 is 3.41. The lowest BCUT2D eigenvalue weighted by molar-refractivity contribution is 0.0180. The van der Waals surface area contributed by atoms with Gasteiger partial charge in [0.2, 0.25) is 0 Å². The maximum Gasteiger partial charge on any atom is 0.119 e. The van der Waals surface area contributed by atoms with Crippen LogP contribution in [0.25, 0.3) is 0 Å². The monoisotopic (exact) mass is 332 g/mol. The van der Waals surface area contributed by atoms with Gasteiger partial charge in [-0.3, -0.25) is 0 Å². The average Bonchev–Trinajstić information content (AvgIpc) is 2.46. The maximum absolute atomic E-state index is 5.55. The van der Waals surface area contributed by atoms with E-state index in [1.807, 2.05) is 24.3 Å². The molecular formula is C14H21BrO4. The molecule has 0 heterocycles. The molecule has 1 aromatic carbocycles. The second kappa shape index (κ2) is 11.2. The molecule has 5 heteroatoms. The second-order valence-corrected chi connectivity index (χ2v) is 4.40. The summed E-state index contributed by atoms with van der Waals surface area (Å²) in [5, 5.41) is 0.861. The van der Waals surface area contributed by atoms with E-state index in [4.69, 9.17) is 18.9 Å². The third-order valence-corrected chi connectivity index (χ3v) is 3.03. The van der Waals surface area contributed by atoms with Crippen LogP contribution in [0.4, 0.5) is 0 Å². The molecule has 0 aliphatic heterocycles. The molecule has 4 nitrogen and oxygen atoms in total. The Bertz CT molecular complexity index is 316. The van der Waals surface area contributed by atoms with Gasteiger partial charge < -0.3 is 18.9 Å². The first kappa shape index (κ1) is 16.4. The molecule has 0 aliphatic rings.